The Hall–Kier alpha value is -3.72. The van der Waals surface area contributed by atoms with Crippen molar-refractivity contribution in [3.63, 3.8) is 0 Å². The van der Waals surface area contributed by atoms with Crippen molar-refractivity contribution < 1.29 is 44.5 Å². The van der Waals surface area contributed by atoms with Crippen molar-refractivity contribution in [2.45, 2.75) is 24.8 Å². The Morgan fingerprint density at radius 3 is 2.67 bits per heavy atom. The lowest BCUT2D eigenvalue weighted by Gasteiger charge is -2.32. The highest BCUT2D eigenvalue weighted by Gasteiger charge is 2.40. The summed E-state index contributed by atoms with van der Waals surface area (Å²) in [7, 11) is -1.61. The predicted molar refractivity (Wildman–Crippen MR) is 124 cm³/mol. The number of carboxylic acid groups (broad SMARTS) is 1. The summed E-state index contributed by atoms with van der Waals surface area (Å²) in [6, 6.07) is 4.71. The first-order chi connectivity index (χ1) is 17.1. The number of carboxylic acids is 1. The molecule has 2 aromatic carbocycles. The number of hydrogen-bond donors (Lipinski definition) is 8. The van der Waals surface area contributed by atoms with Gasteiger partial charge in [0.25, 0.3) is 0 Å². The second-order valence-electron chi connectivity index (χ2n) is 8.16. The average Bonchev–Trinajstić information content (AvgIpc) is 3.27. The molecule has 0 saturated carbocycles. The smallest absolute Gasteiger partial charge is 0.534 e. The molecule has 0 radical (unpaired) electrons. The Morgan fingerprint density at radius 2 is 2.00 bits per heavy atom. The molecule has 0 spiro atoms. The first kappa shape index (κ1) is 25.4. The molecule has 0 bridgehead atoms. The van der Waals surface area contributed by atoms with Gasteiger partial charge >= 0.3 is 19.1 Å². The summed E-state index contributed by atoms with van der Waals surface area (Å²) < 4.78 is 5.39. The molecule has 8 N–H and O–H groups in total. The molecule has 4 rings (SSSR count). The monoisotopic (exact) mass is 520 g/mol. The molecule has 15 heteroatoms. The van der Waals surface area contributed by atoms with Crippen molar-refractivity contribution in [2.24, 2.45) is 0 Å². The number of amides is 3. The fourth-order valence-electron chi connectivity index (χ4n) is 4.04. The zero-order chi connectivity index (χ0) is 26.1. The maximum Gasteiger partial charge on any atom is 0.547 e. The lowest BCUT2D eigenvalue weighted by Crippen LogP contribution is -2.57. The largest absolute Gasteiger partial charge is 0.547 e. The van der Waals surface area contributed by atoms with Gasteiger partial charge in [-0.3, -0.25) is 15.0 Å². The van der Waals surface area contributed by atoms with Crippen molar-refractivity contribution in [1.29, 1.82) is 0 Å². The number of benzene rings is 2. The third kappa shape index (κ3) is 4.84. The quantitative estimate of drug-likeness (QED) is 0.134. The van der Waals surface area contributed by atoms with E-state index in [9.17, 15) is 39.8 Å². The average molecular weight is 521 g/mol. The minimum absolute atomic E-state index is 0.0142. The number of aliphatic hydroxyl groups is 1. The zero-order valence-electron chi connectivity index (χ0n) is 18.5. The van der Waals surface area contributed by atoms with Crippen LogP contribution in [0.25, 0.3) is 0 Å². The number of rotatable bonds is 7. The highest BCUT2D eigenvalue weighted by Crippen LogP contribution is 2.38. The minimum atomic E-state index is -1.64. The summed E-state index contributed by atoms with van der Waals surface area (Å²) in [4.78, 5) is 37.8. The van der Waals surface area contributed by atoms with Gasteiger partial charge in [0, 0.05) is 18.7 Å². The van der Waals surface area contributed by atoms with Crippen LogP contribution in [-0.4, -0.2) is 80.8 Å². The van der Waals surface area contributed by atoms with Crippen LogP contribution in [0.3, 0.4) is 0 Å². The molecule has 190 valence electrons. The number of carbonyl (C=O) groups is 3. The van der Waals surface area contributed by atoms with Gasteiger partial charge < -0.3 is 40.7 Å². The standard InChI is InChI=1S/C21H22BClN4O9/c23-14-10(4-5-12(28)16(14)29)15(26-21(34)27-7-6-24-20(27)33)18(30)25-13-8-9-2-1-3-11(19(31)32)17(9)36-22(13)35/h1-5,13,15,21,26,28-29,34-35H,6-8H2,(H,24,33)(H,25,30)(H,31,32)/t13-,15?,21?/m0/s1. The number of para-hydroxylation sites is 1. The molecule has 36 heavy (non-hydrogen) atoms. The lowest BCUT2D eigenvalue weighted by atomic mass is 9.72. The van der Waals surface area contributed by atoms with Crippen LogP contribution in [0.4, 0.5) is 4.79 Å². The summed E-state index contributed by atoms with van der Waals surface area (Å²) >= 11 is 6.16. The lowest BCUT2D eigenvalue weighted by molar-refractivity contribution is -0.125. The van der Waals surface area contributed by atoms with Gasteiger partial charge in [0.2, 0.25) is 5.91 Å². The number of phenols is 2. The molecular weight excluding hydrogens is 499 g/mol. The van der Waals surface area contributed by atoms with Gasteiger partial charge in [-0.2, -0.15) is 0 Å². The summed E-state index contributed by atoms with van der Waals surface area (Å²) in [5, 5.41) is 57.5. The van der Waals surface area contributed by atoms with Gasteiger partial charge in [0.15, 0.2) is 17.9 Å². The van der Waals surface area contributed by atoms with E-state index in [-0.39, 0.29) is 41.4 Å². The van der Waals surface area contributed by atoms with Crippen LogP contribution < -0.4 is 20.6 Å². The maximum atomic E-state index is 13.4. The molecule has 2 aromatic rings. The van der Waals surface area contributed by atoms with E-state index >= 15 is 0 Å². The third-order valence-electron chi connectivity index (χ3n) is 5.88. The van der Waals surface area contributed by atoms with E-state index in [0.29, 0.717) is 5.56 Å². The molecule has 3 atom stereocenters. The van der Waals surface area contributed by atoms with Crippen LogP contribution in [-0.2, 0) is 11.2 Å². The second kappa shape index (κ2) is 10.1. The Kier molecular flexibility index (Phi) is 7.12. The van der Waals surface area contributed by atoms with E-state index in [4.69, 9.17) is 16.3 Å². The van der Waals surface area contributed by atoms with Gasteiger partial charge in [-0.1, -0.05) is 29.8 Å². The molecule has 1 saturated heterocycles. The number of phenolic OH excluding ortho intramolecular Hbond substituents is 2. The van der Waals surface area contributed by atoms with Crippen LogP contribution in [0.1, 0.15) is 27.5 Å². The van der Waals surface area contributed by atoms with Gasteiger partial charge in [0.1, 0.15) is 11.8 Å². The number of aromatic hydroxyl groups is 2. The van der Waals surface area contributed by atoms with Crippen LogP contribution >= 0.6 is 11.6 Å². The predicted octanol–water partition coefficient (Wildman–Crippen LogP) is -0.479. The first-order valence-electron chi connectivity index (χ1n) is 10.8. The van der Waals surface area contributed by atoms with Gasteiger partial charge in [-0.05, 0) is 24.1 Å². The van der Waals surface area contributed by atoms with Crippen molar-refractivity contribution in [3.8, 4) is 17.2 Å². The molecular formula is C21H22BClN4O9. The highest BCUT2D eigenvalue weighted by atomic mass is 35.5. The fourth-order valence-corrected chi connectivity index (χ4v) is 4.31. The van der Waals surface area contributed by atoms with Crippen molar-refractivity contribution in [2.75, 3.05) is 13.1 Å². The van der Waals surface area contributed by atoms with Crippen LogP contribution in [0.15, 0.2) is 30.3 Å². The van der Waals surface area contributed by atoms with Gasteiger partial charge in [0.05, 0.1) is 16.5 Å². The second-order valence-corrected chi connectivity index (χ2v) is 8.54. The van der Waals surface area contributed by atoms with E-state index in [0.717, 1.165) is 11.0 Å². The molecule has 3 amide bonds. The molecule has 2 aliphatic heterocycles. The molecule has 1 fully saturated rings. The number of carbonyl (C=O) groups excluding carboxylic acids is 2. The van der Waals surface area contributed by atoms with Crippen molar-refractivity contribution in [3.05, 3.63) is 52.0 Å². The zero-order valence-corrected chi connectivity index (χ0v) is 19.3. The number of aliphatic hydroxyl groups excluding tert-OH is 1. The molecule has 2 unspecified atom stereocenters. The number of urea groups is 1. The van der Waals surface area contributed by atoms with E-state index < -0.39 is 54.9 Å². The molecule has 2 aliphatic rings. The number of nitrogens with one attached hydrogen (secondary N) is 3. The third-order valence-corrected chi connectivity index (χ3v) is 6.27. The molecule has 0 aliphatic carbocycles. The van der Waals surface area contributed by atoms with Crippen LogP contribution in [0, 0.1) is 0 Å². The molecule has 2 heterocycles. The van der Waals surface area contributed by atoms with Crippen molar-refractivity contribution in [1.82, 2.24) is 20.9 Å². The number of hydrogen-bond acceptors (Lipinski definition) is 9. The fraction of sp³-hybridized carbons (Fsp3) is 0.286. The summed E-state index contributed by atoms with van der Waals surface area (Å²) in [5.74, 6) is -4.35. The summed E-state index contributed by atoms with van der Waals surface area (Å²) in [6.07, 6.45) is -1.62. The number of nitrogens with zero attached hydrogens (tertiary/aromatic N) is 1. The molecule has 13 nitrogen and oxygen atoms in total. The number of fused-ring (bicyclic) bond motifs is 1. The van der Waals surface area contributed by atoms with E-state index in [2.05, 4.69) is 16.0 Å². The van der Waals surface area contributed by atoms with Crippen LogP contribution in [0.5, 0.6) is 17.2 Å². The van der Waals surface area contributed by atoms with E-state index in [1.54, 1.807) is 6.07 Å². The minimum Gasteiger partial charge on any atom is -0.534 e. The van der Waals surface area contributed by atoms with E-state index in [1.165, 1.54) is 18.2 Å². The first-order valence-corrected chi connectivity index (χ1v) is 11.2. The normalized spacial score (nSPS) is 18.6. The summed E-state index contributed by atoms with van der Waals surface area (Å²) in [6.45, 7) is 0.423. The van der Waals surface area contributed by atoms with E-state index in [1.807, 2.05) is 0 Å². The Morgan fingerprint density at radius 1 is 1.25 bits per heavy atom. The maximum absolute atomic E-state index is 13.4. The SMILES string of the molecule is O=C(O)c1cccc2c1OB(O)[C@@H](NC(=O)C(NC(O)N1CCNC1=O)c1ccc(O)c(O)c1Cl)C2. The Balaban J connectivity index is 1.60. The van der Waals surface area contributed by atoms with Gasteiger partial charge in [-0.15, -0.1) is 0 Å². The van der Waals surface area contributed by atoms with Crippen LogP contribution in [0.2, 0.25) is 5.02 Å². The number of aromatic carboxylic acids is 1. The summed E-state index contributed by atoms with van der Waals surface area (Å²) in [5.41, 5.74) is 0.251. The number of halogens is 1. The highest BCUT2D eigenvalue weighted by molar-refractivity contribution is 6.47. The van der Waals surface area contributed by atoms with Crippen molar-refractivity contribution >= 4 is 36.6 Å². The topological polar surface area (TPSA) is 201 Å². The Bertz CT molecular complexity index is 1220. The van der Waals surface area contributed by atoms with Gasteiger partial charge in [-0.25, -0.2) is 9.59 Å². The molecule has 0 aromatic heterocycles. The Labute approximate surface area is 209 Å².